The fourth-order valence-corrected chi connectivity index (χ4v) is 5.87. The van der Waals surface area contributed by atoms with Gasteiger partial charge in [-0.25, -0.2) is 12.8 Å². The first-order valence-corrected chi connectivity index (χ1v) is 12.7. The predicted molar refractivity (Wildman–Crippen MR) is 126 cm³/mol. The van der Waals surface area contributed by atoms with E-state index in [2.05, 4.69) is 25.2 Å². The van der Waals surface area contributed by atoms with Crippen molar-refractivity contribution >= 4 is 15.9 Å². The number of piperidine rings is 1. The molecule has 0 saturated carbocycles. The fourth-order valence-electron chi connectivity index (χ4n) is 4.35. The molecule has 1 saturated heterocycles. The van der Waals surface area contributed by atoms with Crippen LogP contribution < -0.4 is 10.1 Å². The number of rotatable bonds is 7. The third-order valence-electron chi connectivity index (χ3n) is 6.27. The van der Waals surface area contributed by atoms with Crippen LogP contribution in [-0.4, -0.2) is 38.8 Å². The molecule has 0 radical (unpaired) electrons. The highest BCUT2D eigenvalue weighted by Crippen LogP contribution is 2.32. The first kappa shape index (κ1) is 25.2. The summed E-state index contributed by atoms with van der Waals surface area (Å²) in [4.78, 5) is 13.1. The molecular formula is C25H33FN2O4S. The molecule has 1 aliphatic heterocycles. The Morgan fingerprint density at radius 1 is 1.15 bits per heavy atom. The summed E-state index contributed by atoms with van der Waals surface area (Å²) in [5.74, 6) is 0.000116. The molecule has 33 heavy (non-hydrogen) atoms. The van der Waals surface area contributed by atoms with Gasteiger partial charge in [-0.15, -0.1) is 0 Å². The summed E-state index contributed by atoms with van der Waals surface area (Å²) in [5.41, 5.74) is 3.11. The number of hydrogen-bond donors (Lipinski definition) is 1. The van der Waals surface area contributed by atoms with Gasteiger partial charge in [0.05, 0.1) is 24.0 Å². The van der Waals surface area contributed by atoms with Crippen LogP contribution in [0.3, 0.4) is 0 Å². The molecule has 0 spiro atoms. The molecule has 1 aliphatic rings. The molecule has 2 aromatic rings. The van der Waals surface area contributed by atoms with E-state index in [4.69, 9.17) is 4.74 Å². The number of nitrogens with zero attached hydrogens (tertiary/aromatic N) is 1. The fraction of sp³-hybridized carbons (Fsp3) is 0.480. The van der Waals surface area contributed by atoms with E-state index in [1.807, 2.05) is 19.9 Å². The average molecular weight is 477 g/mol. The van der Waals surface area contributed by atoms with Crippen LogP contribution in [0.1, 0.15) is 62.3 Å². The van der Waals surface area contributed by atoms with E-state index in [0.717, 1.165) is 34.6 Å². The van der Waals surface area contributed by atoms with Gasteiger partial charge in [0.15, 0.2) is 0 Å². The molecule has 2 atom stereocenters. The van der Waals surface area contributed by atoms with E-state index in [1.54, 1.807) is 7.11 Å². The average Bonchev–Trinajstić information content (AvgIpc) is 2.78. The zero-order chi connectivity index (χ0) is 24.3. The lowest BCUT2D eigenvalue weighted by Gasteiger charge is -2.32. The molecule has 180 valence electrons. The number of ether oxygens (including phenoxy) is 1. The van der Waals surface area contributed by atoms with Crippen LogP contribution in [-0.2, 0) is 14.8 Å². The van der Waals surface area contributed by atoms with Gasteiger partial charge in [-0.3, -0.25) is 4.79 Å². The van der Waals surface area contributed by atoms with Gasteiger partial charge in [-0.1, -0.05) is 13.8 Å². The molecule has 0 aliphatic carbocycles. The number of carbonyl (C=O) groups is 1. The molecule has 2 aromatic carbocycles. The number of benzene rings is 2. The van der Waals surface area contributed by atoms with E-state index in [1.165, 1.54) is 16.4 Å². The number of aryl methyl sites for hydroxylation is 1. The van der Waals surface area contributed by atoms with Crippen molar-refractivity contribution in [2.75, 3.05) is 20.2 Å². The van der Waals surface area contributed by atoms with Crippen LogP contribution in [0.2, 0.25) is 0 Å². The smallest absolute Gasteiger partial charge is 0.243 e. The molecule has 1 amide bonds. The van der Waals surface area contributed by atoms with Crippen molar-refractivity contribution < 1.29 is 22.3 Å². The number of amides is 1. The van der Waals surface area contributed by atoms with Gasteiger partial charge in [0.2, 0.25) is 15.9 Å². The van der Waals surface area contributed by atoms with E-state index in [9.17, 15) is 17.6 Å². The number of sulfonamides is 1. The standard InChI is InChI=1S/C25H33FN2O4S/c1-16(2)22-14-23(17(3)13-24(22)32-5)18(4)27-25(29)19-7-6-12-28(15-19)33(30,31)21-10-8-20(26)9-11-21/h8-11,13-14,16,18-19H,6-7,12,15H2,1-5H3,(H,27,29)/t18-,19+/m0/s1. The highest BCUT2D eigenvalue weighted by atomic mass is 32.2. The maximum atomic E-state index is 13.2. The van der Waals surface area contributed by atoms with Crippen LogP contribution in [0.4, 0.5) is 4.39 Å². The minimum Gasteiger partial charge on any atom is -0.496 e. The lowest BCUT2D eigenvalue weighted by Crippen LogP contribution is -2.45. The van der Waals surface area contributed by atoms with E-state index in [0.29, 0.717) is 19.4 Å². The topological polar surface area (TPSA) is 75.7 Å². The Hall–Kier alpha value is -2.45. The Balaban J connectivity index is 1.74. The van der Waals surface area contributed by atoms with Gasteiger partial charge in [0.25, 0.3) is 0 Å². The van der Waals surface area contributed by atoms with Gasteiger partial charge in [-0.2, -0.15) is 4.31 Å². The number of nitrogens with one attached hydrogen (secondary N) is 1. The summed E-state index contributed by atoms with van der Waals surface area (Å²) in [6.45, 7) is 8.57. The third-order valence-corrected chi connectivity index (χ3v) is 8.15. The Morgan fingerprint density at radius 3 is 2.42 bits per heavy atom. The predicted octanol–water partition coefficient (Wildman–Crippen LogP) is 4.54. The Bertz CT molecular complexity index is 1100. The number of carbonyl (C=O) groups excluding carboxylic acids is 1. The van der Waals surface area contributed by atoms with Crippen LogP contribution in [0.15, 0.2) is 41.3 Å². The maximum absolute atomic E-state index is 13.2. The molecular weight excluding hydrogens is 443 g/mol. The Kier molecular flexibility index (Phi) is 7.80. The molecule has 0 bridgehead atoms. The Labute approximate surface area is 196 Å². The zero-order valence-electron chi connectivity index (χ0n) is 19.9. The van der Waals surface area contributed by atoms with E-state index >= 15 is 0 Å². The summed E-state index contributed by atoms with van der Waals surface area (Å²) in [6, 6.07) is 8.62. The third kappa shape index (κ3) is 5.55. The van der Waals surface area contributed by atoms with Crippen molar-refractivity contribution in [2.45, 2.75) is 57.4 Å². The highest BCUT2D eigenvalue weighted by molar-refractivity contribution is 7.89. The zero-order valence-corrected chi connectivity index (χ0v) is 20.7. The molecule has 0 unspecified atom stereocenters. The monoisotopic (exact) mass is 476 g/mol. The lowest BCUT2D eigenvalue weighted by molar-refractivity contribution is -0.126. The summed E-state index contributed by atoms with van der Waals surface area (Å²) >= 11 is 0. The van der Waals surface area contributed by atoms with Crippen molar-refractivity contribution in [3.8, 4) is 5.75 Å². The summed E-state index contributed by atoms with van der Waals surface area (Å²) in [6.07, 6.45) is 1.21. The van der Waals surface area contributed by atoms with Crippen molar-refractivity contribution in [3.05, 3.63) is 58.9 Å². The summed E-state index contributed by atoms with van der Waals surface area (Å²) in [5, 5.41) is 3.08. The van der Waals surface area contributed by atoms with Gasteiger partial charge in [0, 0.05) is 13.1 Å². The molecule has 3 rings (SSSR count). The summed E-state index contributed by atoms with van der Waals surface area (Å²) in [7, 11) is -2.13. The van der Waals surface area contributed by atoms with Gasteiger partial charge < -0.3 is 10.1 Å². The van der Waals surface area contributed by atoms with Crippen molar-refractivity contribution in [2.24, 2.45) is 5.92 Å². The second-order valence-electron chi connectivity index (χ2n) is 8.99. The quantitative estimate of drug-likeness (QED) is 0.636. The molecule has 1 N–H and O–H groups in total. The molecule has 6 nitrogen and oxygen atoms in total. The van der Waals surface area contributed by atoms with Crippen LogP contribution >= 0.6 is 0 Å². The molecule has 1 fully saturated rings. The van der Waals surface area contributed by atoms with Gasteiger partial charge >= 0.3 is 0 Å². The maximum Gasteiger partial charge on any atom is 0.243 e. The Morgan fingerprint density at radius 2 is 1.82 bits per heavy atom. The minimum atomic E-state index is -3.78. The van der Waals surface area contributed by atoms with Crippen molar-refractivity contribution in [1.82, 2.24) is 9.62 Å². The second kappa shape index (κ2) is 10.2. The number of methoxy groups -OCH3 is 1. The first-order valence-electron chi connectivity index (χ1n) is 11.3. The van der Waals surface area contributed by atoms with Crippen molar-refractivity contribution in [1.29, 1.82) is 0 Å². The van der Waals surface area contributed by atoms with Gasteiger partial charge in [0.1, 0.15) is 11.6 Å². The van der Waals surface area contributed by atoms with Gasteiger partial charge in [-0.05, 0) is 85.7 Å². The first-order chi connectivity index (χ1) is 15.5. The van der Waals surface area contributed by atoms with Crippen LogP contribution in [0, 0.1) is 18.7 Å². The molecule has 1 heterocycles. The summed E-state index contributed by atoms with van der Waals surface area (Å²) < 4.78 is 46.0. The van der Waals surface area contributed by atoms with Crippen molar-refractivity contribution in [3.63, 3.8) is 0 Å². The molecule has 0 aromatic heterocycles. The van der Waals surface area contributed by atoms with Crippen LogP contribution in [0.5, 0.6) is 5.75 Å². The van der Waals surface area contributed by atoms with Crippen LogP contribution in [0.25, 0.3) is 0 Å². The minimum absolute atomic E-state index is 0.0356. The SMILES string of the molecule is COc1cc(C)c([C@H](C)NC(=O)[C@@H]2CCCN(S(=O)(=O)c3ccc(F)cc3)C2)cc1C(C)C. The number of hydrogen-bond acceptors (Lipinski definition) is 4. The number of halogens is 1. The van der Waals surface area contributed by atoms with E-state index < -0.39 is 21.8 Å². The normalized spacial score (nSPS) is 18.2. The lowest BCUT2D eigenvalue weighted by atomic mass is 9.92. The second-order valence-corrected chi connectivity index (χ2v) is 10.9. The largest absolute Gasteiger partial charge is 0.496 e. The highest BCUT2D eigenvalue weighted by Gasteiger charge is 2.34. The van der Waals surface area contributed by atoms with E-state index in [-0.39, 0.29) is 29.3 Å². The molecule has 8 heteroatoms.